The van der Waals surface area contributed by atoms with Gasteiger partial charge in [-0.25, -0.2) is 4.98 Å². The van der Waals surface area contributed by atoms with Gasteiger partial charge in [-0.2, -0.15) is 0 Å². The lowest BCUT2D eigenvalue weighted by molar-refractivity contribution is 0.0736. The van der Waals surface area contributed by atoms with Gasteiger partial charge in [0, 0.05) is 36.3 Å². The Morgan fingerprint density at radius 2 is 1.88 bits per heavy atom. The Labute approximate surface area is 196 Å². The second kappa shape index (κ2) is 8.83. The third-order valence-electron chi connectivity index (χ3n) is 6.06. The number of thiazole rings is 1. The van der Waals surface area contributed by atoms with Crippen molar-refractivity contribution in [3.05, 3.63) is 82.6 Å². The van der Waals surface area contributed by atoms with E-state index in [0.717, 1.165) is 28.9 Å². The summed E-state index contributed by atoms with van der Waals surface area (Å²) in [4.78, 5) is 33.6. The zero-order valence-electron chi connectivity index (χ0n) is 18.7. The monoisotopic (exact) mass is 458 g/mol. The van der Waals surface area contributed by atoms with Crippen LogP contribution in [0.1, 0.15) is 44.9 Å². The molecule has 33 heavy (non-hydrogen) atoms. The molecule has 5 rings (SSSR count). The number of nitrogens with zero attached hydrogens (tertiary/aromatic N) is 3. The van der Waals surface area contributed by atoms with Crippen LogP contribution in [0.15, 0.2) is 60.1 Å². The largest absolute Gasteiger partial charge is 0.349 e. The molecule has 2 heterocycles. The predicted molar refractivity (Wildman–Crippen MR) is 131 cm³/mol. The lowest BCUT2D eigenvalue weighted by atomic mass is 9.98. The van der Waals surface area contributed by atoms with E-state index in [1.165, 1.54) is 16.9 Å². The van der Waals surface area contributed by atoms with Gasteiger partial charge in [-0.15, -0.1) is 11.3 Å². The summed E-state index contributed by atoms with van der Waals surface area (Å²) in [6.07, 6.45) is 3.87. The van der Waals surface area contributed by atoms with E-state index in [9.17, 15) is 9.59 Å². The molecule has 2 aromatic heterocycles. The summed E-state index contributed by atoms with van der Waals surface area (Å²) in [5.41, 5.74) is 5.12. The minimum atomic E-state index is -0.165. The number of carbonyl (C=O) groups excluding carboxylic acids is 2. The lowest BCUT2D eigenvalue weighted by Gasteiger charge is -2.24. The van der Waals surface area contributed by atoms with Gasteiger partial charge in [0.15, 0.2) is 4.96 Å². The molecule has 1 N–H and O–H groups in total. The highest BCUT2D eigenvalue weighted by Crippen LogP contribution is 2.31. The van der Waals surface area contributed by atoms with E-state index < -0.39 is 0 Å². The molecule has 0 radical (unpaired) electrons. The number of nitrogens with one attached hydrogen (secondary N) is 1. The number of fused-ring (bicyclic) bond motifs is 1. The highest BCUT2D eigenvalue weighted by atomic mass is 32.1. The maximum Gasteiger partial charge on any atom is 0.270 e. The van der Waals surface area contributed by atoms with Crippen LogP contribution in [-0.2, 0) is 0 Å². The molecule has 1 aliphatic rings. The molecule has 6 nitrogen and oxygen atoms in total. The van der Waals surface area contributed by atoms with Crippen molar-refractivity contribution < 1.29 is 9.59 Å². The number of hydrogen-bond acceptors (Lipinski definition) is 4. The van der Waals surface area contributed by atoms with Crippen LogP contribution < -0.4 is 5.32 Å². The maximum absolute atomic E-state index is 13.6. The Morgan fingerprint density at radius 1 is 1.12 bits per heavy atom. The molecule has 0 unspecified atom stereocenters. The Morgan fingerprint density at radius 3 is 2.64 bits per heavy atom. The van der Waals surface area contributed by atoms with E-state index in [0.29, 0.717) is 30.0 Å². The van der Waals surface area contributed by atoms with E-state index in [4.69, 9.17) is 0 Å². The number of aromatic nitrogens is 2. The van der Waals surface area contributed by atoms with Gasteiger partial charge in [0.25, 0.3) is 11.8 Å². The second-order valence-corrected chi connectivity index (χ2v) is 9.37. The summed E-state index contributed by atoms with van der Waals surface area (Å²) in [5.74, 6) is -0.148. The van der Waals surface area contributed by atoms with E-state index in [2.05, 4.69) is 41.5 Å². The molecule has 4 aromatic rings. The first-order chi connectivity index (χ1) is 16.0. The number of benzene rings is 2. The number of amides is 2. The van der Waals surface area contributed by atoms with Gasteiger partial charge in [-0.05, 0) is 43.9 Å². The van der Waals surface area contributed by atoms with Gasteiger partial charge < -0.3 is 10.2 Å². The topological polar surface area (TPSA) is 66.7 Å². The zero-order valence-corrected chi connectivity index (χ0v) is 19.6. The zero-order chi connectivity index (χ0) is 22.9. The molecule has 1 saturated carbocycles. The first-order valence-electron chi connectivity index (χ1n) is 11.2. The summed E-state index contributed by atoms with van der Waals surface area (Å²) in [7, 11) is 0. The standard InChI is InChI=1S/C26H26N4O2S/c1-17-7-9-19(10-8-17)21-5-3-4-6-22(21)25(32)29(20-11-12-20)14-13-27-24(31)23-18(2)28-26-30(23)15-16-33-26/h3-10,15-16,20H,11-14H2,1-2H3,(H,27,31). The average molecular weight is 459 g/mol. The van der Waals surface area contributed by atoms with Crippen molar-refractivity contribution in [3.63, 3.8) is 0 Å². The van der Waals surface area contributed by atoms with Crippen LogP contribution >= 0.6 is 11.3 Å². The molecular weight excluding hydrogens is 432 g/mol. The van der Waals surface area contributed by atoms with Crippen molar-refractivity contribution in [1.82, 2.24) is 19.6 Å². The molecule has 0 saturated heterocycles. The van der Waals surface area contributed by atoms with Crippen LogP contribution in [0.25, 0.3) is 16.1 Å². The number of imidazole rings is 1. The Kier molecular flexibility index (Phi) is 5.72. The van der Waals surface area contributed by atoms with Crippen LogP contribution in [-0.4, -0.2) is 45.2 Å². The quantitative estimate of drug-likeness (QED) is 0.436. The minimum Gasteiger partial charge on any atom is -0.349 e. The van der Waals surface area contributed by atoms with Crippen LogP contribution in [0.4, 0.5) is 0 Å². The molecule has 0 aliphatic heterocycles. The van der Waals surface area contributed by atoms with Crippen LogP contribution in [0.5, 0.6) is 0 Å². The van der Waals surface area contributed by atoms with Crippen LogP contribution in [0, 0.1) is 13.8 Å². The molecule has 0 spiro atoms. The second-order valence-electron chi connectivity index (χ2n) is 8.50. The summed E-state index contributed by atoms with van der Waals surface area (Å²) in [6.45, 7) is 4.77. The number of carbonyl (C=O) groups is 2. The third kappa shape index (κ3) is 4.28. The smallest absolute Gasteiger partial charge is 0.270 e. The molecule has 1 fully saturated rings. The molecular formula is C26H26N4O2S. The molecule has 2 amide bonds. The van der Waals surface area contributed by atoms with Crippen molar-refractivity contribution in [2.24, 2.45) is 0 Å². The van der Waals surface area contributed by atoms with Crippen LogP contribution in [0.2, 0.25) is 0 Å². The van der Waals surface area contributed by atoms with Crippen molar-refractivity contribution in [1.29, 1.82) is 0 Å². The molecule has 0 bridgehead atoms. The first-order valence-corrected chi connectivity index (χ1v) is 12.1. The SMILES string of the molecule is Cc1ccc(-c2ccccc2C(=O)N(CCNC(=O)c2c(C)nc3sccn23)C2CC2)cc1. The van der Waals surface area contributed by atoms with E-state index in [1.807, 2.05) is 52.1 Å². The summed E-state index contributed by atoms with van der Waals surface area (Å²) < 4.78 is 1.82. The fourth-order valence-electron chi connectivity index (χ4n) is 4.19. The van der Waals surface area contributed by atoms with Crippen molar-refractivity contribution >= 4 is 28.1 Å². The number of rotatable bonds is 7. The highest BCUT2D eigenvalue weighted by molar-refractivity contribution is 7.15. The Hall–Kier alpha value is -3.45. The van der Waals surface area contributed by atoms with E-state index in [-0.39, 0.29) is 17.9 Å². The first kappa shape index (κ1) is 21.4. The van der Waals surface area contributed by atoms with Crippen LogP contribution in [0.3, 0.4) is 0 Å². The number of hydrogen-bond donors (Lipinski definition) is 1. The van der Waals surface area contributed by atoms with Gasteiger partial charge in [-0.3, -0.25) is 14.0 Å². The number of aryl methyl sites for hydroxylation is 2. The Balaban J connectivity index is 1.31. The van der Waals surface area contributed by atoms with Gasteiger partial charge in [0.2, 0.25) is 0 Å². The fraction of sp³-hybridized carbons (Fsp3) is 0.269. The third-order valence-corrected chi connectivity index (χ3v) is 6.81. The minimum absolute atomic E-state index is 0.0173. The average Bonchev–Trinajstić information content (AvgIpc) is 3.48. The fourth-order valence-corrected chi connectivity index (χ4v) is 4.95. The summed E-state index contributed by atoms with van der Waals surface area (Å²) in [6, 6.07) is 16.2. The highest BCUT2D eigenvalue weighted by Gasteiger charge is 2.33. The maximum atomic E-state index is 13.6. The lowest BCUT2D eigenvalue weighted by Crippen LogP contribution is -2.40. The molecule has 0 atom stereocenters. The van der Waals surface area contributed by atoms with Gasteiger partial charge in [0.05, 0.1) is 5.69 Å². The Bertz CT molecular complexity index is 1320. The van der Waals surface area contributed by atoms with E-state index >= 15 is 0 Å². The molecule has 1 aliphatic carbocycles. The van der Waals surface area contributed by atoms with Crippen molar-refractivity contribution in [2.45, 2.75) is 32.7 Å². The normalized spacial score (nSPS) is 13.3. The molecule has 7 heteroatoms. The predicted octanol–water partition coefficient (Wildman–Crippen LogP) is 4.71. The molecule has 2 aromatic carbocycles. The van der Waals surface area contributed by atoms with E-state index in [1.54, 1.807) is 0 Å². The van der Waals surface area contributed by atoms with Gasteiger partial charge in [-0.1, -0.05) is 48.0 Å². The molecule has 168 valence electrons. The van der Waals surface area contributed by atoms with Crippen molar-refractivity contribution in [2.75, 3.05) is 13.1 Å². The summed E-state index contributed by atoms with van der Waals surface area (Å²) >= 11 is 1.50. The van der Waals surface area contributed by atoms with Crippen molar-refractivity contribution in [3.8, 4) is 11.1 Å². The van der Waals surface area contributed by atoms with Gasteiger partial charge >= 0.3 is 0 Å². The van der Waals surface area contributed by atoms with Gasteiger partial charge in [0.1, 0.15) is 5.69 Å². The summed E-state index contributed by atoms with van der Waals surface area (Å²) in [5, 5.41) is 4.91.